The van der Waals surface area contributed by atoms with Crippen molar-refractivity contribution in [2.75, 3.05) is 6.61 Å². The van der Waals surface area contributed by atoms with Crippen LogP contribution in [-0.4, -0.2) is 16.4 Å². The van der Waals surface area contributed by atoms with Crippen molar-refractivity contribution >= 4 is 5.76 Å². The van der Waals surface area contributed by atoms with Crippen LogP contribution >= 0.6 is 0 Å². The van der Waals surface area contributed by atoms with Gasteiger partial charge in [0, 0.05) is 5.56 Å². The number of nitrogens with zero attached hydrogens (tertiary/aromatic N) is 2. The molecule has 0 fully saturated rings. The molecule has 1 aromatic heterocycles. The van der Waals surface area contributed by atoms with Crippen LogP contribution in [0.25, 0.3) is 16.9 Å². The lowest BCUT2D eigenvalue weighted by molar-refractivity contribution is 0.297. The molecule has 4 heteroatoms. The Labute approximate surface area is 131 Å². The first-order chi connectivity index (χ1) is 10.4. The molecular formula is C18H22N2O2. The van der Waals surface area contributed by atoms with Crippen LogP contribution in [-0.2, 0) is 10.3 Å². The lowest BCUT2D eigenvalue weighted by atomic mass is 10.0. The van der Waals surface area contributed by atoms with E-state index in [-0.39, 0.29) is 5.56 Å². The first kappa shape index (κ1) is 16.0. The number of rotatable bonds is 4. The first-order valence-corrected chi connectivity index (χ1v) is 7.36. The second-order valence-corrected chi connectivity index (χ2v) is 6.04. The molecule has 0 bridgehead atoms. The van der Waals surface area contributed by atoms with Crippen LogP contribution in [0.3, 0.4) is 0 Å². The van der Waals surface area contributed by atoms with E-state index in [4.69, 9.17) is 4.74 Å². The zero-order chi connectivity index (χ0) is 16.3. The summed E-state index contributed by atoms with van der Waals surface area (Å²) in [7, 11) is 0. The fourth-order valence-corrected chi connectivity index (χ4v) is 2.28. The highest BCUT2D eigenvalue weighted by molar-refractivity contribution is 5.76. The van der Waals surface area contributed by atoms with Crippen LogP contribution in [0, 0.1) is 0 Å². The largest absolute Gasteiger partial charge is 0.494 e. The van der Waals surface area contributed by atoms with Crippen molar-refractivity contribution in [1.82, 2.24) is 9.78 Å². The Morgan fingerprint density at radius 3 is 2.45 bits per heavy atom. The van der Waals surface area contributed by atoms with Gasteiger partial charge in [-0.3, -0.25) is 4.79 Å². The van der Waals surface area contributed by atoms with Crippen LogP contribution < -0.4 is 5.56 Å². The average Bonchev–Trinajstić information content (AvgIpc) is 2.46. The maximum absolute atomic E-state index is 12.9. The highest BCUT2D eigenvalue weighted by Crippen LogP contribution is 2.26. The van der Waals surface area contributed by atoms with Crippen LogP contribution in [0.1, 0.15) is 33.3 Å². The van der Waals surface area contributed by atoms with Crippen LogP contribution in [0.15, 0.2) is 47.9 Å². The zero-order valence-corrected chi connectivity index (χ0v) is 13.6. The molecule has 22 heavy (non-hydrogen) atoms. The number of hydrogen-bond donors (Lipinski definition) is 0. The van der Waals surface area contributed by atoms with Gasteiger partial charge in [-0.2, -0.15) is 5.10 Å². The summed E-state index contributed by atoms with van der Waals surface area (Å²) < 4.78 is 6.99. The molecule has 1 heterocycles. The third-order valence-corrected chi connectivity index (χ3v) is 3.29. The summed E-state index contributed by atoms with van der Waals surface area (Å²) in [5.74, 6) is 0.465. The molecule has 0 aliphatic heterocycles. The third-order valence-electron chi connectivity index (χ3n) is 3.29. The van der Waals surface area contributed by atoms with E-state index in [1.54, 1.807) is 6.20 Å². The minimum absolute atomic E-state index is 0.142. The van der Waals surface area contributed by atoms with Crippen LogP contribution in [0.4, 0.5) is 0 Å². The van der Waals surface area contributed by atoms with Crippen molar-refractivity contribution in [3.05, 3.63) is 59.0 Å². The SMILES string of the molecule is C=C(OCC)c1cnn(C(C)(C)C)c(=O)c1-c1ccccc1. The van der Waals surface area contributed by atoms with Gasteiger partial charge in [-0.15, -0.1) is 0 Å². The summed E-state index contributed by atoms with van der Waals surface area (Å²) in [5, 5.41) is 4.30. The molecule has 0 saturated heterocycles. The number of benzene rings is 1. The van der Waals surface area contributed by atoms with E-state index < -0.39 is 5.54 Å². The average molecular weight is 298 g/mol. The van der Waals surface area contributed by atoms with Gasteiger partial charge in [0.1, 0.15) is 5.76 Å². The standard InChI is InChI=1S/C18H22N2O2/c1-6-22-13(2)15-12-19-20(18(3,4)5)17(21)16(15)14-10-8-7-9-11-14/h7-12H,2,6H2,1,3-5H3. The van der Waals surface area contributed by atoms with E-state index in [0.717, 1.165) is 5.56 Å². The van der Waals surface area contributed by atoms with Gasteiger partial charge in [-0.1, -0.05) is 36.9 Å². The fourth-order valence-electron chi connectivity index (χ4n) is 2.28. The molecule has 0 aliphatic carbocycles. The van der Waals surface area contributed by atoms with E-state index >= 15 is 0 Å². The van der Waals surface area contributed by atoms with Gasteiger partial charge in [0.2, 0.25) is 0 Å². The lowest BCUT2D eigenvalue weighted by Crippen LogP contribution is -2.37. The number of aromatic nitrogens is 2. The Morgan fingerprint density at radius 2 is 1.91 bits per heavy atom. The predicted octanol–water partition coefficient (Wildman–Crippen LogP) is 3.67. The van der Waals surface area contributed by atoms with E-state index in [1.807, 2.05) is 58.0 Å². The van der Waals surface area contributed by atoms with Crippen molar-refractivity contribution in [2.45, 2.75) is 33.2 Å². The fraction of sp³-hybridized carbons (Fsp3) is 0.333. The molecule has 0 radical (unpaired) electrons. The van der Waals surface area contributed by atoms with Crippen LogP contribution in [0.5, 0.6) is 0 Å². The van der Waals surface area contributed by atoms with Gasteiger partial charge in [-0.25, -0.2) is 4.68 Å². The number of hydrogen-bond acceptors (Lipinski definition) is 3. The van der Waals surface area contributed by atoms with E-state index in [0.29, 0.717) is 23.5 Å². The molecule has 116 valence electrons. The van der Waals surface area contributed by atoms with Crippen molar-refractivity contribution < 1.29 is 4.74 Å². The quantitative estimate of drug-likeness (QED) is 0.809. The lowest BCUT2D eigenvalue weighted by Gasteiger charge is -2.22. The molecule has 4 nitrogen and oxygen atoms in total. The van der Waals surface area contributed by atoms with Crippen LogP contribution in [0.2, 0.25) is 0 Å². The molecule has 0 amide bonds. The Bertz CT molecular complexity index is 725. The number of ether oxygens (including phenoxy) is 1. The minimum Gasteiger partial charge on any atom is -0.494 e. The van der Waals surface area contributed by atoms with Gasteiger partial charge in [0.15, 0.2) is 0 Å². The van der Waals surface area contributed by atoms with Gasteiger partial charge in [-0.05, 0) is 33.3 Å². The molecule has 0 N–H and O–H groups in total. The third kappa shape index (κ3) is 3.11. The molecule has 0 saturated carbocycles. The topological polar surface area (TPSA) is 44.1 Å². The maximum atomic E-state index is 12.9. The predicted molar refractivity (Wildman–Crippen MR) is 89.6 cm³/mol. The van der Waals surface area contributed by atoms with E-state index in [2.05, 4.69) is 11.7 Å². The second kappa shape index (κ2) is 6.18. The first-order valence-electron chi connectivity index (χ1n) is 7.36. The highest BCUT2D eigenvalue weighted by atomic mass is 16.5. The summed E-state index contributed by atoms with van der Waals surface area (Å²) >= 11 is 0. The van der Waals surface area contributed by atoms with Gasteiger partial charge in [0.05, 0.1) is 23.9 Å². The molecule has 2 aromatic rings. The Morgan fingerprint density at radius 1 is 1.27 bits per heavy atom. The van der Waals surface area contributed by atoms with Gasteiger partial charge in [0.25, 0.3) is 5.56 Å². The van der Waals surface area contributed by atoms with Crippen molar-refractivity contribution in [3.8, 4) is 11.1 Å². The van der Waals surface area contributed by atoms with Gasteiger partial charge >= 0.3 is 0 Å². The Kier molecular flexibility index (Phi) is 4.50. The molecule has 0 spiro atoms. The van der Waals surface area contributed by atoms with Gasteiger partial charge < -0.3 is 4.74 Å². The van der Waals surface area contributed by atoms with Crippen molar-refractivity contribution in [1.29, 1.82) is 0 Å². The molecule has 0 aliphatic rings. The highest BCUT2D eigenvalue weighted by Gasteiger charge is 2.22. The summed E-state index contributed by atoms with van der Waals surface area (Å²) in [6, 6.07) is 9.55. The summed E-state index contributed by atoms with van der Waals surface area (Å²) in [6.45, 7) is 12.2. The zero-order valence-electron chi connectivity index (χ0n) is 13.6. The molecule has 2 rings (SSSR count). The monoisotopic (exact) mass is 298 g/mol. The molecule has 1 aromatic carbocycles. The Hall–Kier alpha value is -2.36. The smallest absolute Gasteiger partial charge is 0.275 e. The molecule has 0 atom stereocenters. The summed E-state index contributed by atoms with van der Waals surface area (Å²) in [5.41, 5.74) is 1.51. The maximum Gasteiger partial charge on any atom is 0.275 e. The van der Waals surface area contributed by atoms with Crippen molar-refractivity contribution in [2.24, 2.45) is 0 Å². The summed E-state index contributed by atoms with van der Waals surface area (Å²) in [6.07, 6.45) is 1.66. The summed E-state index contributed by atoms with van der Waals surface area (Å²) in [4.78, 5) is 12.9. The van der Waals surface area contributed by atoms with E-state index in [9.17, 15) is 4.79 Å². The molecular weight excluding hydrogens is 276 g/mol. The second-order valence-electron chi connectivity index (χ2n) is 6.04. The normalized spacial score (nSPS) is 11.3. The Balaban J connectivity index is 2.75. The van der Waals surface area contributed by atoms with Crippen molar-refractivity contribution in [3.63, 3.8) is 0 Å². The minimum atomic E-state index is -0.397. The molecule has 0 unspecified atom stereocenters. The van der Waals surface area contributed by atoms with E-state index in [1.165, 1.54) is 4.68 Å².